The van der Waals surface area contributed by atoms with Crippen LogP contribution in [0.1, 0.15) is 47.0 Å². The molecule has 0 bridgehead atoms. The van der Waals surface area contributed by atoms with E-state index in [4.69, 9.17) is 9.47 Å². The van der Waals surface area contributed by atoms with Gasteiger partial charge in [-0.3, -0.25) is 4.79 Å². The molecular weight excluding hydrogens is 256 g/mol. The summed E-state index contributed by atoms with van der Waals surface area (Å²) in [6, 6.07) is 0. The molecule has 1 unspecified atom stereocenters. The van der Waals surface area contributed by atoms with Crippen LogP contribution >= 0.6 is 0 Å². The number of carbonyl (C=O) groups is 2. The molecule has 112 valence electrons. The molecule has 1 heterocycles. The fourth-order valence-electron chi connectivity index (χ4n) is 4.74. The van der Waals surface area contributed by atoms with Crippen LogP contribution in [0.4, 0.5) is 0 Å². The summed E-state index contributed by atoms with van der Waals surface area (Å²) in [5, 5.41) is 0. The van der Waals surface area contributed by atoms with Crippen molar-refractivity contribution in [2.75, 3.05) is 7.11 Å². The molecule has 1 spiro atoms. The summed E-state index contributed by atoms with van der Waals surface area (Å²) in [5.74, 6) is 1.14. The summed E-state index contributed by atoms with van der Waals surface area (Å²) in [6.07, 6.45) is 1.85. The molecular formula is C16H24O4. The third kappa shape index (κ3) is 1.55. The Hall–Kier alpha value is -0.740. The van der Waals surface area contributed by atoms with Gasteiger partial charge in [0.05, 0.1) is 6.10 Å². The van der Waals surface area contributed by atoms with Crippen LogP contribution in [0.5, 0.6) is 0 Å². The van der Waals surface area contributed by atoms with Crippen molar-refractivity contribution in [3.63, 3.8) is 0 Å². The Kier molecular flexibility index (Phi) is 2.78. The molecule has 5 atom stereocenters. The van der Waals surface area contributed by atoms with Crippen molar-refractivity contribution >= 4 is 11.6 Å². The van der Waals surface area contributed by atoms with Crippen LogP contribution in [0.25, 0.3) is 0 Å². The third-order valence-electron chi connectivity index (χ3n) is 5.95. The third-order valence-corrected chi connectivity index (χ3v) is 5.95. The summed E-state index contributed by atoms with van der Waals surface area (Å²) in [4.78, 5) is 23.8. The maximum absolute atomic E-state index is 12.6. The number of ether oxygens (including phenoxy) is 2. The Balaban J connectivity index is 1.84. The highest BCUT2D eigenvalue weighted by Crippen LogP contribution is 2.73. The van der Waals surface area contributed by atoms with Gasteiger partial charge in [0.2, 0.25) is 0 Å². The Morgan fingerprint density at radius 3 is 2.45 bits per heavy atom. The Bertz CT molecular complexity index is 483. The lowest BCUT2D eigenvalue weighted by atomic mass is 9.74. The molecule has 20 heavy (non-hydrogen) atoms. The van der Waals surface area contributed by atoms with Gasteiger partial charge in [0.1, 0.15) is 11.4 Å². The number of Topliss-reactive ketones (excluding diaryl/α,β-unsaturated/α-hetero) is 2. The lowest BCUT2D eigenvalue weighted by Crippen LogP contribution is -2.50. The van der Waals surface area contributed by atoms with E-state index in [-0.39, 0.29) is 23.1 Å². The van der Waals surface area contributed by atoms with Crippen LogP contribution in [-0.2, 0) is 19.1 Å². The summed E-state index contributed by atoms with van der Waals surface area (Å²) >= 11 is 0. The molecule has 0 aromatic rings. The van der Waals surface area contributed by atoms with Gasteiger partial charge in [-0.05, 0) is 44.4 Å². The predicted molar refractivity (Wildman–Crippen MR) is 73.3 cm³/mol. The van der Waals surface area contributed by atoms with Crippen LogP contribution in [0.15, 0.2) is 0 Å². The SMILES string of the molecule is CO[C@H]1C2[C@@H](CCC(C)=O)[C@]2(C)CC(=O)[C@@]12OC2(C)C. The average Bonchev–Trinajstić information content (AvgIpc) is 3.10. The number of hydrogen-bond donors (Lipinski definition) is 0. The van der Waals surface area contributed by atoms with Gasteiger partial charge in [-0.15, -0.1) is 0 Å². The van der Waals surface area contributed by atoms with Crippen LogP contribution in [-0.4, -0.2) is 36.0 Å². The van der Waals surface area contributed by atoms with Crippen molar-refractivity contribution in [2.45, 2.75) is 64.3 Å². The highest BCUT2D eigenvalue weighted by atomic mass is 16.7. The van der Waals surface area contributed by atoms with Gasteiger partial charge in [-0.25, -0.2) is 0 Å². The maximum atomic E-state index is 12.6. The van der Waals surface area contributed by atoms with E-state index in [0.717, 1.165) is 6.42 Å². The highest BCUT2D eigenvalue weighted by Gasteiger charge is 2.83. The number of rotatable bonds is 4. The maximum Gasteiger partial charge on any atom is 0.181 e. The first-order valence-corrected chi connectivity index (χ1v) is 7.46. The quantitative estimate of drug-likeness (QED) is 0.740. The average molecular weight is 280 g/mol. The highest BCUT2D eigenvalue weighted by molar-refractivity contribution is 5.95. The number of carbonyl (C=O) groups excluding carboxylic acids is 2. The topological polar surface area (TPSA) is 55.9 Å². The Labute approximate surface area is 120 Å². The van der Waals surface area contributed by atoms with Crippen LogP contribution in [0.3, 0.4) is 0 Å². The molecule has 0 amide bonds. The van der Waals surface area contributed by atoms with Crippen molar-refractivity contribution in [1.82, 2.24) is 0 Å². The predicted octanol–water partition coefficient (Wildman–Crippen LogP) is 2.14. The standard InChI is InChI=1S/C16H24O4/c1-9(17)6-7-10-12-13(19-5)16(14(2,3)20-16)11(18)8-15(10,12)4/h10,12-13H,6-8H2,1-5H3/t10-,12?,13+,15+,16-/m1/s1. The van der Waals surface area contributed by atoms with E-state index in [1.165, 1.54) is 0 Å². The van der Waals surface area contributed by atoms with Crippen molar-refractivity contribution < 1.29 is 19.1 Å². The lowest BCUT2D eigenvalue weighted by Gasteiger charge is -2.31. The molecule has 0 N–H and O–H groups in total. The van der Waals surface area contributed by atoms with Crippen LogP contribution < -0.4 is 0 Å². The van der Waals surface area contributed by atoms with E-state index in [1.54, 1.807) is 14.0 Å². The molecule has 4 nitrogen and oxygen atoms in total. The second-order valence-electron chi connectivity index (χ2n) is 7.48. The van der Waals surface area contributed by atoms with Gasteiger partial charge in [0.15, 0.2) is 11.4 Å². The molecule has 3 rings (SSSR count). The summed E-state index contributed by atoms with van der Waals surface area (Å²) in [6.45, 7) is 7.72. The van der Waals surface area contributed by atoms with E-state index in [1.807, 2.05) is 13.8 Å². The van der Waals surface area contributed by atoms with Gasteiger partial charge in [0, 0.05) is 20.0 Å². The number of epoxide rings is 1. The second kappa shape index (κ2) is 3.92. The number of fused-ring (bicyclic) bond motifs is 1. The molecule has 1 aliphatic heterocycles. The van der Waals surface area contributed by atoms with Gasteiger partial charge in [-0.2, -0.15) is 0 Å². The second-order valence-corrected chi connectivity index (χ2v) is 7.48. The fraction of sp³-hybridized carbons (Fsp3) is 0.875. The van der Waals surface area contributed by atoms with E-state index >= 15 is 0 Å². The summed E-state index contributed by atoms with van der Waals surface area (Å²) in [5.41, 5.74) is -1.16. The minimum atomic E-state index is -0.739. The van der Waals surface area contributed by atoms with Crippen molar-refractivity contribution in [2.24, 2.45) is 17.3 Å². The van der Waals surface area contributed by atoms with E-state index in [9.17, 15) is 9.59 Å². The summed E-state index contributed by atoms with van der Waals surface area (Å²) < 4.78 is 11.5. The minimum absolute atomic E-state index is 0.000486. The van der Waals surface area contributed by atoms with E-state index < -0.39 is 11.2 Å². The number of methoxy groups -OCH3 is 1. The molecule has 0 aromatic carbocycles. The number of hydrogen-bond acceptors (Lipinski definition) is 4. The smallest absolute Gasteiger partial charge is 0.181 e. The minimum Gasteiger partial charge on any atom is -0.378 e. The Morgan fingerprint density at radius 2 is 2.00 bits per heavy atom. The zero-order chi connectivity index (χ0) is 14.9. The largest absolute Gasteiger partial charge is 0.378 e. The molecule has 2 aliphatic carbocycles. The zero-order valence-electron chi connectivity index (χ0n) is 13.0. The first-order valence-electron chi connectivity index (χ1n) is 7.46. The Morgan fingerprint density at radius 1 is 1.40 bits per heavy atom. The molecule has 0 radical (unpaired) electrons. The van der Waals surface area contributed by atoms with Gasteiger partial charge in [0.25, 0.3) is 0 Å². The zero-order valence-corrected chi connectivity index (χ0v) is 13.0. The van der Waals surface area contributed by atoms with E-state index in [2.05, 4.69) is 6.92 Å². The van der Waals surface area contributed by atoms with E-state index in [0.29, 0.717) is 24.7 Å². The molecule has 2 saturated carbocycles. The molecule has 3 aliphatic rings. The van der Waals surface area contributed by atoms with Gasteiger partial charge >= 0.3 is 0 Å². The monoisotopic (exact) mass is 280 g/mol. The van der Waals surface area contributed by atoms with Gasteiger partial charge < -0.3 is 14.3 Å². The van der Waals surface area contributed by atoms with Crippen molar-refractivity contribution in [3.05, 3.63) is 0 Å². The first-order chi connectivity index (χ1) is 9.20. The summed E-state index contributed by atoms with van der Waals surface area (Å²) in [7, 11) is 1.67. The fourth-order valence-corrected chi connectivity index (χ4v) is 4.74. The van der Waals surface area contributed by atoms with Crippen LogP contribution in [0, 0.1) is 17.3 Å². The van der Waals surface area contributed by atoms with Crippen molar-refractivity contribution in [1.29, 1.82) is 0 Å². The first kappa shape index (κ1) is 14.2. The number of ketones is 2. The molecule has 4 heteroatoms. The normalized spacial score (nSPS) is 48.0. The van der Waals surface area contributed by atoms with Crippen molar-refractivity contribution in [3.8, 4) is 0 Å². The van der Waals surface area contributed by atoms with Crippen LogP contribution in [0.2, 0.25) is 0 Å². The lowest BCUT2D eigenvalue weighted by molar-refractivity contribution is -0.135. The van der Waals surface area contributed by atoms with Gasteiger partial charge in [-0.1, -0.05) is 6.92 Å². The molecule has 1 saturated heterocycles. The molecule has 0 aromatic heterocycles. The molecule has 3 fully saturated rings.